The molecule has 4 rings (SSSR count). The van der Waals surface area contributed by atoms with E-state index in [-0.39, 0.29) is 11.8 Å². The van der Waals surface area contributed by atoms with Crippen LogP contribution in [0.1, 0.15) is 29.5 Å². The van der Waals surface area contributed by atoms with Gasteiger partial charge in [-0.1, -0.05) is 59.7 Å². The second kappa shape index (κ2) is 9.08. The maximum Gasteiger partial charge on any atom is 0.225 e. The number of carbonyl (C=O) groups is 1. The average Bonchev–Trinajstić information content (AvgIpc) is 2.78. The molecule has 0 aliphatic carbocycles. The summed E-state index contributed by atoms with van der Waals surface area (Å²) >= 11 is 0. The number of benzene rings is 2. The topological polar surface area (TPSA) is 58.1 Å². The first-order chi connectivity index (χ1) is 14.6. The van der Waals surface area contributed by atoms with E-state index in [2.05, 4.69) is 70.7 Å². The van der Waals surface area contributed by atoms with Crippen molar-refractivity contribution in [3.63, 3.8) is 0 Å². The number of hydrogen-bond acceptors (Lipinski definition) is 4. The van der Waals surface area contributed by atoms with Crippen LogP contribution < -0.4 is 10.2 Å². The van der Waals surface area contributed by atoms with Gasteiger partial charge in [0.1, 0.15) is 0 Å². The number of carbonyl (C=O) groups excluding carboxylic acids is 1. The minimum Gasteiger partial charge on any atom is -0.354 e. The van der Waals surface area contributed by atoms with Crippen LogP contribution in [0.4, 0.5) is 5.82 Å². The standard InChI is InChI=1S/C25H28N4O/c1-18-8-10-21(11-9-18)23-12-13-24(28-27-23)29-14-4-7-22(17-29)25(30)26-16-20-6-3-5-19(2)15-20/h3,5-6,8-13,15,22H,4,7,14,16-17H2,1-2H3,(H,26,30). The molecule has 1 atom stereocenters. The van der Waals surface area contributed by atoms with Crippen LogP contribution in [0.15, 0.2) is 60.7 Å². The Morgan fingerprint density at radius 3 is 2.60 bits per heavy atom. The van der Waals surface area contributed by atoms with Crippen molar-refractivity contribution in [3.8, 4) is 11.3 Å². The van der Waals surface area contributed by atoms with Gasteiger partial charge in [-0.25, -0.2) is 0 Å². The van der Waals surface area contributed by atoms with Gasteiger partial charge in [-0.15, -0.1) is 10.2 Å². The molecule has 3 aromatic rings. The number of anilines is 1. The van der Waals surface area contributed by atoms with Crippen molar-refractivity contribution in [2.45, 2.75) is 33.2 Å². The lowest BCUT2D eigenvalue weighted by atomic mass is 9.97. The molecule has 1 N–H and O–H groups in total. The largest absolute Gasteiger partial charge is 0.354 e. The molecule has 1 fully saturated rings. The zero-order valence-electron chi connectivity index (χ0n) is 17.6. The van der Waals surface area contributed by atoms with Gasteiger partial charge in [0.05, 0.1) is 11.6 Å². The summed E-state index contributed by atoms with van der Waals surface area (Å²) in [4.78, 5) is 14.9. The van der Waals surface area contributed by atoms with Gasteiger partial charge in [0.15, 0.2) is 5.82 Å². The van der Waals surface area contributed by atoms with Crippen LogP contribution in [0.3, 0.4) is 0 Å². The molecule has 1 aliphatic rings. The summed E-state index contributed by atoms with van der Waals surface area (Å²) in [5.74, 6) is 0.926. The minimum atomic E-state index is -0.0258. The van der Waals surface area contributed by atoms with Crippen molar-refractivity contribution in [3.05, 3.63) is 77.4 Å². The Balaban J connectivity index is 1.37. The molecule has 5 nitrogen and oxygen atoms in total. The third kappa shape index (κ3) is 4.85. The number of rotatable bonds is 5. The summed E-state index contributed by atoms with van der Waals surface area (Å²) in [5.41, 5.74) is 5.49. The predicted molar refractivity (Wildman–Crippen MR) is 120 cm³/mol. The number of nitrogens with zero attached hydrogens (tertiary/aromatic N) is 3. The van der Waals surface area contributed by atoms with E-state index in [4.69, 9.17) is 0 Å². The fraction of sp³-hybridized carbons (Fsp3) is 0.320. The molecule has 1 saturated heterocycles. The summed E-state index contributed by atoms with van der Waals surface area (Å²) < 4.78 is 0. The number of aryl methyl sites for hydroxylation is 2. The number of aromatic nitrogens is 2. The summed E-state index contributed by atoms with van der Waals surface area (Å²) in [7, 11) is 0. The van der Waals surface area contributed by atoms with Crippen molar-refractivity contribution in [2.24, 2.45) is 5.92 Å². The summed E-state index contributed by atoms with van der Waals surface area (Å²) in [5, 5.41) is 12.0. The van der Waals surface area contributed by atoms with E-state index in [9.17, 15) is 4.79 Å². The molecule has 0 saturated carbocycles. The van der Waals surface area contributed by atoms with Crippen molar-refractivity contribution >= 4 is 11.7 Å². The normalized spacial score (nSPS) is 16.3. The molecule has 30 heavy (non-hydrogen) atoms. The lowest BCUT2D eigenvalue weighted by Gasteiger charge is -2.32. The molecular weight excluding hydrogens is 372 g/mol. The van der Waals surface area contributed by atoms with Crippen LogP contribution in [-0.2, 0) is 11.3 Å². The molecule has 1 aliphatic heterocycles. The van der Waals surface area contributed by atoms with Crippen LogP contribution >= 0.6 is 0 Å². The smallest absolute Gasteiger partial charge is 0.225 e. The summed E-state index contributed by atoms with van der Waals surface area (Å²) in [6, 6.07) is 20.6. The first-order valence-corrected chi connectivity index (χ1v) is 10.6. The summed E-state index contributed by atoms with van der Waals surface area (Å²) in [6.45, 7) is 6.29. The van der Waals surface area contributed by atoms with Gasteiger partial charge >= 0.3 is 0 Å². The Morgan fingerprint density at radius 1 is 1.03 bits per heavy atom. The van der Waals surface area contributed by atoms with Crippen LogP contribution in [-0.4, -0.2) is 29.2 Å². The second-order valence-corrected chi connectivity index (χ2v) is 8.13. The molecule has 5 heteroatoms. The van der Waals surface area contributed by atoms with Crippen LogP contribution in [0.5, 0.6) is 0 Å². The summed E-state index contributed by atoms with van der Waals surface area (Å²) in [6.07, 6.45) is 1.88. The minimum absolute atomic E-state index is 0.0258. The molecule has 2 heterocycles. The third-order valence-electron chi connectivity index (χ3n) is 5.66. The predicted octanol–water partition coefficient (Wildman–Crippen LogP) is 4.29. The Morgan fingerprint density at radius 2 is 1.87 bits per heavy atom. The van der Waals surface area contributed by atoms with Crippen LogP contribution in [0, 0.1) is 19.8 Å². The monoisotopic (exact) mass is 400 g/mol. The quantitative estimate of drug-likeness (QED) is 0.694. The maximum absolute atomic E-state index is 12.7. The second-order valence-electron chi connectivity index (χ2n) is 8.13. The van der Waals surface area contributed by atoms with E-state index in [0.717, 1.165) is 42.0 Å². The fourth-order valence-electron chi connectivity index (χ4n) is 3.93. The molecule has 1 aromatic heterocycles. The van der Waals surface area contributed by atoms with Crippen LogP contribution in [0.2, 0.25) is 0 Å². The third-order valence-corrected chi connectivity index (χ3v) is 5.66. The number of amides is 1. The van der Waals surface area contributed by atoms with E-state index in [1.807, 2.05) is 24.3 Å². The van der Waals surface area contributed by atoms with Gasteiger partial charge in [-0.05, 0) is 44.4 Å². The zero-order chi connectivity index (χ0) is 20.9. The molecule has 1 amide bonds. The van der Waals surface area contributed by atoms with Crippen LogP contribution in [0.25, 0.3) is 11.3 Å². The van der Waals surface area contributed by atoms with Crippen molar-refractivity contribution < 1.29 is 4.79 Å². The Hall–Kier alpha value is -3.21. The fourth-order valence-corrected chi connectivity index (χ4v) is 3.93. The maximum atomic E-state index is 12.7. The highest BCUT2D eigenvalue weighted by Gasteiger charge is 2.26. The van der Waals surface area contributed by atoms with Gasteiger partial charge in [-0.2, -0.15) is 0 Å². The van der Waals surface area contributed by atoms with Gasteiger partial charge in [-0.3, -0.25) is 4.79 Å². The SMILES string of the molecule is Cc1ccc(-c2ccc(N3CCCC(C(=O)NCc4cccc(C)c4)C3)nn2)cc1. The van der Waals surface area contributed by atoms with E-state index >= 15 is 0 Å². The highest BCUT2D eigenvalue weighted by molar-refractivity contribution is 5.79. The van der Waals surface area contributed by atoms with Gasteiger partial charge in [0.2, 0.25) is 5.91 Å². The lowest BCUT2D eigenvalue weighted by Crippen LogP contribution is -2.43. The van der Waals surface area contributed by atoms with Gasteiger partial charge in [0.25, 0.3) is 0 Å². The zero-order valence-corrected chi connectivity index (χ0v) is 17.6. The number of piperidine rings is 1. The first-order valence-electron chi connectivity index (χ1n) is 10.6. The Kier molecular flexibility index (Phi) is 6.07. The van der Waals surface area contributed by atoms with E-state index < -0.39 is 0 Å². The molecule has 0 radical (unpaired) electrons. The molecule has 154 valence electrons. The molecule has 2 aromatic carbocycles. The van der Waals surface area contributed by atoms with Crippen molar-refractivity contribution in [2.75, 3.05) is 18.0 Å². The molecule has 0 spiro atoms. The van der Waals surface area contributed by atoms with Gasteiger partial charge in [0, 0.05) is 25.2 Å². The van der Waals surface area contributed by atoms with E-state index in [1.165, 1.54) is 11.1 Å². The van der Waals surface area contributed by atoms with Gasteiger partial charge < -0.3 is 10.2 Å². The molecular formula is C25H28N4O. The van der Waals surface area contributed by atoms with E-state index in [1.54, 1.807) is 0 Å². The number of hydrogen-bond donors (Lipinski definition) is 1. The molecule has 0 bridgehead atoms. The van der Waals surface area contributed by atoms with Crippen molar-refractivity contribution in [1.29, 1.82) is 0 Å². The Labute approximate surface area is 178 Å². The first kappa shape index (κ1) is 20.1. The highest BCUT2D eigenvalue weighted by atomic mass is 16.1. The lowest BCUT2D eigenvalue weighted by molar-refractivity contribution is -0.125. The Bertz CT molecular complexity index is 998. The highest BCUT2D eigenvalue weighted by Crippen LogP contribution is 2.24. The molecule has 1 unspecified atom stereocenters. The van der Waals surface area contributed by atoms with E-state index in [0.29, 0.717) is 13.1 Å². The average molecular weight is 401 g/mol. The van der Waals surface area contributed by atoms with Crippen molar-refractivity contribution in [1.82, 2.24) is 15.5 Å². The number of nitrogens with one attached hydrogen (secondary N) is 1.